The maximum Gasteiger partial charge on any atom is 0.123 e. The molecule has 10 aromatic carbocycles. The predicted molar refractivity (Wildman–Crippen MR) is 279 cm³/mol. The molecule has 1 aliphatic carbocycles. The molecule has 2 heterocycles. The van der Waals surface area contributed by atoms with Gasteiger partial charge in [0, 0.05) is 32.7 Å². The Hall–Kier alpha value is -8.31. The van der Waals surface area contributed by atoms with Gasteiger partial charge in [0.15, 0.2) is 0 Å². The van der Waals surface area contributed by atoms with Gasteiger partial charge in [-0.1, -0.05) is 164 Å². The molecule has 0 saturated heterocycles. The van der Waals surface area contributed by atoms with Crippen LogP contribution in [0.1, 0.15) is 22.3 Å². The van der Waals surface area contributed by atoms with Crippen molar-refractivity contribution in [2.24, 2.45) is 0 Å². The molecule has 12 aromatic rings. The fourth-order valence-corrected chi connectivity index (χ4v) is 11.8. The molecule has 0 aliphatic heterocycles. The Morgan fingerprint density at radius 1 is 0.403 bits per heavy atom. The van der Waals surface area contributed by atoms with Gasteiger partial charge in [0.25, 0.3) is 0 Å². The van der Waals surface area contributed by atoms with Crippen LogP contribution in [0.15, 0.2) is 249 Å². The van der Waals surface area contributed by atoms with E-state index >= 15 is 0 Å². The highest BCUT2D eigenvalue weighted by molar-refractivity contribution is 7.19. The number of fused-ring (bicyclic) bond motifs is 7. The fraction of sp³-hybridized carbons (Fsp3) is 0.0159. The molecule has 13 rings (SSSR count). The number of thiophene rings is 1. The quantitative estimate of drug-likeness (QED) is 0.148. The van der Waals surface area contributed by atoms with Crippen molar-refractivity contribution in [3.05, 3.63) is 277 Å². The highest BCUT2D eigenvalue weighted by Crippen LogP contribution is 2.56. The van der Waals surface area contributed by atoms with Crippen LogP contribution >= 0.6 is 11.3 Å². The number of rotatable bonds is 8. The van der Waals surface area contributed by atoms with E-state index in [1.54, 1.807) is 11.3 Å². The summed E-state index contributed by atoms with van der Waals surface area (Å²) in [6, 6.07) is 88.7. The number of nitrogens with zero attached hydrogens (tertiary/aromatic N) is 2. The van der Waals surface area contributed by atoms with E-state index in [2.05, 4.69) is 228 Å². The molecule has 2 aromatic heterocycles. The third-order valence-corrected chi connectivity index (χ3v) is 14.9. The van der Waals surface area contributed by atoms with Gasteiger partial charge in [0.2, 0.25) is 0 Å². The second-order valence-corrected chi connectivity index (χ2v) is 18.5. The van der Waals surface area contributed by atoms with E-state index in [9.17, 15) is 4.39 Å². The van der Waals surface area contributed by atoms with E-state index in [-0.39, 0.29) is 5.82 Å². The number of halogens is 1. The van der Waals surface area contributed by atoms with E-state index in [1.807, 2.05) is 18.2 Å². The normalized spacial score (nSPS) is 12.7. The highest BCUT2D eigenvalue weighted by Gasteiger charge is 2.46. The Labute approximate surface area is 392 Å². The van der Waals surface area contributed by atoms with E-state index < -0.39 is 5.41 Å². The van der Waals surface area contributed by atoms with Crippen LogP contribution < -0.4 is 4.90 Å². The van der Waals surface area contributed by atoms with Crippen LogP contribution in [0.4, 0.5) is 20.8 Å². The third-order valence-electron chi connectivity index (χ3n) is 13.7. The number of anilines is 3. The van der Waals surface area contributed by atoms with Crippen LogP contribution in [-0.4, -0.2) is 4.57 Å². The Morgan fingerprint density at radius 2 is 1.01 bits per heavy atom. The lowest BCUT2D eigenvalue weighted by atomic mass is 9.67. The lowest BCUT2D eigenvalue weighted by Crippen LogP contribution is -2.28. The summed E-state index contributed by atoms with van der Waals surface area (Å²) in [6.45, 7) is 0. The Kier molecular flexibility index (Phi) is 9.16. The molecule has 0 unspecified atom stereocenters. The van der Waals surface area contributed by atoms with Gasteiger partial charge in [0.05, 0.1) is 16.4 Å². The van der Waals surface area contributed by atoms with Crippen LogP contribution in [0, 0.1) is 5.82 Å². The van der Waals surface area contributed by atoms with Crippen LogP contribution in [-0.2, 0) is 5.41 Å². The minimum absolute atomic E-state index is 0.253. The molecule has 0 amide bonds. The van der Waals surface area contributed by atoms with Crippen molar-refractivity contribution in [1.82, 2.24) is 4.57 Å². The van der Waals surface area contributed by atoms with Crippen molar-refractivity contribution in [3.8, 4) is 38.4 Å². The van der Waals surface area contributed by atoms with Gasteiger partial charge in [-0.2, -0.15) is 0 Å². The standard InChI is InChI=1S/C63H41FN2S/c64-49-28-31-50(32-29-49)65(62-37-36-61(67-62)42-14-4-1-5-15-42)51-30-26-44-38-43(24-25-45(44)39-51)46-27-35-60-56(40-46)55-21-11-13-23-59(55)66(60)52-33-34-54-53-20-10-12-22-57(53)63(58(54)41-52,47-16-6-2-7-17-47)48-18-8-3-9-19-48/h1-41H. The molecule has 0 atom stereocenters. The van der Waals surface area contributed by atoms with E-state index in [0.29, 0.717) is 0 Å². The summed E-state index contributed by atoms with van der Waals surface area (Å²) in [5.41, 5.74) is 16.1. The summed E-state index contributed by atoms with van der Waals surface area (Å²) in [5, 5.41) is 5.78. The van der Waals surface area contributed by atoms with Crippen molar-refractivity contribution < 1.29 is 4.39 Å². The highest BCUT2D eigenvalue weighted by atomic mass is 32.1. The molecule has 2 nitrogen and oxygen atoms in total. The molecule has 0 radical (unpaired) electrons. The van der Waals surface area contributed by atoms with E-state index in [4.69, 9.17) is 0 Å². The maximum absolute atomic E-state index is 14.2. The summed E-state index contributed by atoms with van der Waals surface area (Å²) >= 11 is 1.73. The molecule has 0 spiro atoms. The van der Waals surface area contributed by atoms with Crippen molar-refractivity contribution in [2.45, 2.75) is 5.41 Å². The first-order valence-electron chi connectivity index (χ1n) is 22.8. The zero-order chi connectivity index (χ0) is 44.5. The number of para-hydroxylation sites is 1. The number of aromatic nitrogens is 1. The van der Waals surface area contributed by atoms with Crippen molar-refractivity contribution in [3.63, 3.8) is 0 Å². The van der Waals surface area contributed by atoms with Gasteiger partial charge in [-0.15, -0.1) is 11.3 Å². The summed E-state index contributed by atoms with van der Waals surface area (Å²) in [7, 11) is 0. The molecule has 0 N–H and O–H groups in total. The summed E-state index contributed by atoms with van der Waals surface area (Å²) in [6.07, 6.45) is 0. The summed E-state index contributed by atoms with van der Waals surface area (Å²) < 4.78 is 16.7. The zero-order valence-electron chi connectivity index (χ0n) is 36.4. The summed E-state index contributed by atoms with van der Waals surface area (Å²) in [4.78, 5) is 3.40. The predicted octanol–water partition coefficient (Wildman–Crippen LogP) is 17.3. The molecule has 0 saturated carbocycles. The molecule has 0 bridgehead atoms. The van der Waals surface area contributed by atoms with E-state index in [1.165, 1.54) is 77.8 Å². The molecular weight excluding hydrogens is 836 g/mol. The number of hydrogen-bond acceptors (Lipinski definition) is 2. The first kappa shape index (κ1) is 39.1. The fourth-order valence-electron chi connectivity index (χ4n) is 10.8. The lowest BCUT2D eigenvalue weighted by Gasteiger charge is -2.34. The molecular formula is C63H41FN2S. The van der Waals surface area contributed by atoms with E-state index in [0.717, 1.165) is 44.0 Å². The van der Waals surface area contributed by atoms with Gasteiger partial charge >= 0.3 is 0 Å². The second-order valence-electron chi connectivity index (χ2n) is 17.4. The van der Waals surface area contributed by atoms with Gasteiger partial charge in [0.1, 0.15) is 10.8 Å². The average molecular weight is 877 g/mol. The van der Waals surface area contributed by atoms with Gasteiger partial charge in [-0.3, -0.25) is 0 Å². The number of hydrogen-bond donors (Lipinski definition) is 0. The monoisotopic (exact) mass is 876 g/mol. The van der Waals surface area contributed by atoms with Crippen molar-refractivity contribution >= 4 is 60.3 Å². The maximum atomic E-state index is 14.2. The SMILES string of the molecule is Fc1ccc(N(c2ccc3cc(-c4ccc5c(c4)c4ccccc4n5-c4ccc5c(c4)C(c4ccccc4)(c4ccccc4)c4ccccc4-5)ccc3c2)c2ccc(-c3ccccc3)s2)cc1. The Morgan fingerprint density at radius 3 is 1.81 bits per heavy atom. The van der Waals surface area contributed by atoms with Crippen molar-refractivity contribution in [2.75, 3.05) is 4.90 Å². The molecule has 4 heteroatoms. The zero-order valence-corrected chi connectivity index (χ0v) is 37.2. The molecule has 316 valence electrons. The molecule has 67 heavy (non-hydrogen) atoms. The van der Waals surface area contributed by atoms with Crippen LogP contribution in [0.25, 0.3) is 71.0 Å². The third kappa shape index (κ3) is 6.29. The molecule has 1 aliphatic rings. The van der Waals surface area contributed by atoms with Gasteiger partial charge in [-0.25, -0.2) is 4.39 Å². The van der Waals surface area contributed by atoms with Crippen molar-refractivity contribution in [1.29, 1.82) is 0 Å². The first-order valence-corrected chi connectivity index (χ1v) is 23.6. The van der Waals surface area contributed by atoms with Gasteiger partial charge < -0.3 is 9.47 Å². The minimum Gasteiger partial charge on any atom is -0.309 e. The summed E-state index contributed by atoms with van der Waals surface area (Å²) in [5.74, 6) is -0.253. The van der Waals surface area contributed by atoms with Gasteiger partial charge in [-0.05, 0) is 146 Å². The topological polar surface area (TPSA) is 8.17 Å². The van der Waals surface area contributed by atoms with Crippen LogP contribution in [0.3, 0.4) is 0 Å². The second kappa shape index (κ2) is 15.7. The van der Waals surface area contributed by atoms with Crippen LogP contribution in [0.5, 0.6) is 0 Å². The smallest absolute Gasteiger partial charge is 0.123 e. The Balaban J connectivity index is 0.910. The largest absolute Gasteiger partial charge is 0.309 e. The Bertz CT molecular complexity index is 3780. The lowest BCUT2D eigenvalue weighted by molar-refractivity contribution is 0.628. The minimum atomic E-state index is -0.484. The number of benzene rings is 10. The first-order chi connectivity index (χ1) is 33.1. The average Bonchev–Trinajstić information content (AvgIpc) is 4.09. The van der Waals surface area contributed by atoms with Crippen LogP contribution in [0.2, 0.25) is 0 Å². The molecule has 0 fully saturated rings.